The topological polar surface area (TPSA) is 82.9 Å². The van der Waals surface area contributed by atoms with Crippen molar-refractivity contribution in [2.45, 2.75) is 51.0 Å². The van der Waals surface area contributed by atoms with Gasteiger partial charge in [0, 0.05) is 51.2 Å². The number of thiazole rings is 1. The summed E-state index contributed by atoms with van der Waals surface area (Å²) in [5.41, 5.74) is 0.766. The number of carbonyl (C=O) groups is 1. The number of fused-ring (bicyclic) bond motifs is 1. The monoisotopic (exact) mass is 494 g/mol. The Labute approximate surface area is 199 Å². The van der Waals surface area contributed by atoms with E-state index in [1.807, 2.05) is 18.7 Å². The number of benzene rings is 1. The number of sulfonamides is 1. The van der Waals surface area contributed by atoms with Gasteiger partial charge in [0.25, 0.3) is 0 Å². The molecule has 2 fully saturated rings. The van der Waals surface area contributed by atoms with Crippen LogP contribution in [0, 0.1) is 5.92 Å². The van der Waals surface area contributed by atoms with Gasteiger partial charge in [-0.3, -0.25) is 19.1 Å². The largest absolute Gasteiger partial charge is 0.340 e. The minimum Gasteiger partial charge on any atom is -0.340 e. The fourth-order valence-electron chi connectivity index (χ4n) is 4.92. The van der Waals surface area contributed by atoms with E-state index in [2.05, 4.69) is 11.8 Å². The zero-order valence-corrected chi connectivity index (χ0v) is 21.3. The van der Waals surface area contributed by atoms with Gasteiger partial charge in [-0.15, -0.1) is 0 Å². The summed E-state index contributed by atoms with van der Waals surface area (Å²) in [6, 6.07) is 4.95. The van der Waals surface area contributed by atoms with Gasteiger partial charge in [-0.25, -0.2) is 8.42 Å². The quantitative estimate of drug-likeness (QED) is 0.617. The lowest BCUT2D eigenvalue weighted by Gasteiger charge is -2.38. The third kappa shape index (κ3) is 4.89. The van der Waals surface area contributed by atoms with E-state index in [1.54, 1.807) is 22.8 Å². The van der Waals surface area contributed by atoms with Crippen molar-refractivity contribution in [1.82, 2.24) is 18.7 Å². The number of hydrogen-bond acceptors (Lipinski definition) is 6. The average molecular weight is 495 g/mol. The molecule has 8 nitrogen and oxygen atoms in total. The number of piperidine rings is 1. The lowest BCUT2D eigenvalue weighted by molar-refractivity contribution is -0.138. The lowest BCUT2D eigenvalue weighted by Crippen LogP contribution is -2.51. The molecule has 0 saturated carbocycles. The number of nitrogens with zero attached hydrogens (tertiary/aromatic N) is 4. The summed E-state index contributed by atoms with van der Waals surface area (Å²) in [7, 11) is -3.67. The molecule has 2 aliphatic rings. The van der Waals surface area contributed by atoms with Crippen LogP contribution < -0.4 is 4.87 Å². The summed E-state index contributed by atoms with van der Waals surface area (Å²) in [5.74, 6) is 0.0615. The maximum absolute atomic E-state index is 13.3. The molecule has 1 aromatic heterocycles. The minimum absolute atomic E-state index is 0.0138. The first-order chi connectivity index (χ1) is 15.7. The molecule has 2 aromatic rings. The second-order valence-corrected chi connectivity index (χ2v) is 12.2. The Kier molecular flexibility index (Phi) is 7.28. The summed E-state index contributed by atoms with van der Waals surface area (Å²) in [6.45, 7) is 11.2. The molecular weight excluding hydrogens is 460 g/mol. The highest BCUT2D eigenvalue weighted by atomic mass is 32.2. The van der Waals surface area contributed by atoms with Gasteiger partial charge in [0.2, 0.25) is 15.9 Å². The Morgan fingerprint density at radius 2 is 1.76 bits per heavy atom. The van der Waals surface area contributed by atoms with E-state index in [-0.39, 0.29) is 27.6 Å². The molecule has 0 aliphatic carbocycles. The van der Waals surface area contributed by atoms with Crippen molar-refractivity contribution in [1.29, 1.82) is 0 Å². The van der Waals surface area contributed by atoms with Crippen molar-refractivity contribution < 1.29 is 13.2 Å². The molecule has 2 saturated heterocycles. The van der Waals surface area contributed by atoms with Gasteiger partial charge >= 0.3 is 4.87 Å². The Morgan fingerprint density at radius 1 is 1.09 bits per heavy atom. The molecule has 0 radical (unpaired) electrons. The molecule has 0 spiro atoms. The summed E-state index contributed by atoms with van der Waals surface area (Å²) >= 11 is 1.08. The van der Waals surface area contributed by atoms with Crippen LogP contribution in [0.1, 0.15) is 46.1 Å². The van der Waals surface area contributed by atoms with Crippen LogP contribution >= 0.6 is 11.3 Å². The van der Waals surface area contributed by atoms with Crippen LogP contribution in [0.25, 0.3) is 10.2 Å². The van der Waals surface area contributed by atoms with Crippen LogP contribution in [-0.2, 0) is 14.8 Å². The van der Waals surface area contributed by atoms with Gasteiger partial charge in [0.1, 0.15) is 0 Å². The van der Waals surface area contributed by atoms with E-state index in [0.29, 0.717) is 30.6 Å². The van der Waals surface area contributed by atoms with Gasteiger partial charge in [-0.05, 0) is 57.9 Å². The molecule has 2 aliphatic heterocycles. The van der Waals surface area contributed by atoms with E-state index >= 15 is 0 Å². The van der Waals surface area contributed by atoms with Gasteiger partial charge in [0.15, 0.2) is 0 Å². The Bertz CT molecular complexity index is 1150. The molecule has 10 heteroatoms. The predicted octanol–water partition coefficient (Wildman–Crippen LogP) is 2.60. The molecular formula is C23H34N4O4S2. The Morgan fingerprint density at radius 3 is 2.36 bits per heavy atom. The van der Waals surface area contributed by atoms with E-state index in [0.717, 1.165) is 56.0 Å². The van der Waals surface area contributed by atoms with E-state index < -0.39 is 10.0 Å². The number of carbonyl (C=O) groups excluding carboxylic acids is 1. The SMILES string of the molecule is CCCN1CCN(C(=O)C2CCN(S(=O)(=O)c3ccc4c(c3)sc(=O)n4C(C)C)CC2)CC1. The number of piperazine rings is 1. The highest BCUT2D eigenvalue weighted by molar-refractivity contribution is 7.89. The van der Waals surface area contributed by atoms with E-state index in [9.17, 15) is 18.0 Å². The fourth-order valence-corrected chi connectivity index (χ4v) is 7.55. The maximum Gasteiger partial charge on any atom is 0.308 e. The summed E-state index contributed by atoms with van der Waals surface area (Å²) in [6.07, 6.45) is 2.22. The van der Waals surface area contributed by atoms with E-state index in [1.165, 1.54) is 4.31 Å². The number of amides is 1. The number of hydrogen-bond donors (Lipinski definition) is 0. The second-order valence-electron chi connectivity index (χ2n) is 9.31. The predicted molar refractivity (Wildman–Crippen MR) is 131 cm³/mol. The molecule has 3 heterocycles. The highest BCUT2D eigenvalue weighted by Gasteiger charge is 2.34. The first kappa shape index (κ1) is 24.4. The zero-order valence-electron chi connectivity index (χ0n) is 19.7. The minimum atomic E-state index is -3.67. The lowest BCUT2D eigenvalue weighted by atomic mass is 9.96. The zero-order chi connectivity index (χ0) is 23.8. The molecule has 4 rings (SSSR count). The summed E-state index contributed by atoms with van der Waals surface area (Å²) in [5, 5.41) is 0. The first-order valence-corrected chi connectivity index (χ1v) is 14.1. The summed E-state index contributed by atoms with van der Waals surface area (Å²) < 4.78 is 30.4. The third-order valence-electron chi connectivity index (χ3n) is 6.77. The highest BCUT2D eigenvalue weighted by Crippen LogP contribution is 2.29. The molecule has 33 heavy (non-hydrogen) atoms. The normalized spacial score (nSPS) is 19.6. The van der Waals surface area contributed by atoms with Crippen molar-refractivity contribution >= 4 is 37.5 Å². The molecule has 0 bridgehead atoms. The van der Waals surface area contributed by atoms with Crippen molar-refractivity contribution in [3.63, 3.8) is 0 Å². The second kappa shape index (κ2) is 9.85. The maximum atomic E-state index is 13.3. The molecule has 0 atom stereocenters. The van der Waals surface area contributed by atoms with E-state index in [4.69, 9.17) is 0 Å². The van der Waals surface area contributed by atoms with Gasteiger partial charge < -0.3 is 4.90 Å². The Balaban J connectivity index is 1.41. The average Bonchev–Trinajstić information content (AvgIpc) is 3.14. The van der Waals surface area contributed by atoms with Crippen molar-refractivity contribution in [3.05, 3.63) is 27.9 Å². The summed E-state index contributed by atoms with van der Waals surface area (Å²) in [4.78, 5) is 29.8. The van der Waals surface area contributed by atoms with Crippen LogP contribution in [0.15, 0.2) is 27.9 Å². The van der Waals surface area contributed by atoms with Crippen LogP contribution in [-0.4, -0.2) is 78.8 Å². The van der Waals surface area contributed by atoms with Crippen LogP contribution in [0.4, 0.5) is 0 Å². The van der Waals surface area contributed by atoms with Crippen molar-refractivity contribution in [2.75, 3.05) is 45.8 Å². The number of aromatic nitrogens is 1. The molecule has 182 valence electrons. The smallest absolute Gasteiger partial charge is 0.308 e. The number of rotatable bonds is 6. The van der Waals surface area contributed by atoms with Crippen LogP contribution in [0.5, 0.6) is 0 Å². The van der Waals surface area contributed by atoms with Gasteiger partial charge in [0.05, 0.1) is 15.1 Å². The Hall–Kier alpha value is -1.75. The fraction of sp³-hybridized carbons (Fsp3) is 0.652. The third-order valence-corrected chi connectivity index (χ3v) is 9.58. The van der Waals surface area contributed by atoms with Gasteiger partial charge in [-0.1, -0.05) is 18.3 Å². The molecule has 1 aromatic carbocycles. The van der Waals surface area contributed by atoms with Gasteiger partial charge in [-0.2, -0.15) is 4.31 Å². The molecule has 0 unspecified atom stereocenters. The molecule has 1 amide bonds. The molecule has 0 N–H and O–H groups in total. The van der Waals surface area contributed by atoms with Crippen molar-refractivity contribution in [2.24, 2.45) is 5.92 Å². The van der Waals surface area contributed by atoms with Crippen LogP contribution in [0.2, 0.25) is 0 Å². The standard InChI is InChI=1S/C23H34N4O4S2/c1-4-9-24-12-14-25(15-13-24)22(28)18-7-10-26(11-8-18)33(30,31)19-5-6-20-21(16-19)32-23(29)27(20)17(2)3/h5-6,16-18H,4,7-15H2,1-3H3. The first-order valence-electron chi connectivity index (χ1n) is 11.9. The van der Waals surface area contributed by atoms with Crippen LogP contribution in [0.3, 0.4) is 0 Å². The van der Waals surface area contributed by atoms with Crippen molar-refractivity contribution in [3.8, 4) is 0 Å².